The molecule has 0 aliphatic heterocycles. The molecule has 0 heterocycles. The van der Waals surface area contributed by atoms with Gasteiger partial charge in [0.1, 0.15) is 0 Å². The summed E-state index contributed by atoms with van der Waals surface area (Å²) in [5, 5.41) is 0. The second kappa shape index (κ2) is 4.78. The average molecular weight is 177 g/mol. The molecule has 1 atom stereocenters. The van der Waals surface area contributed by atoms with E-state index in [2.05, 4.69) is 27.7 Å². The predicted octanol–water partition coefficient (Wildman–Crippen LogP) is 2.12. The van der Waals surface area contributed by atoms with E-state index < -0.39 is 0 Å². The molecule has 0 aliphatic rings. The van der Waals surface area contributed by atoms with Crippen LogP contribution >= 0.6 is 11.6 Å². The number of allylic oxidation sites excluding steroid dienone is 1. The lowest BCUT2D eigenvalue weighted by molar-refractivity contribution is -0.873. The van der Waals surface area contributed by atoms with Crippen LogP contribution in [0.4, 0.5) is 0 Å². The molecule has 11 heavy (non-hydrogen) atoms. The molecule has 66 valence electrons. The summed E-state index contributed by atoms with van der Waals surface area (Å²) >= 11 is 5.79. The molecule has 2 heteroatoms. The molecule has 0 fully saturated rings. The van der Waals surface area contributed by atoms with Crippen molar-refractivity contribution in [3.8, 4) is 0 Å². The molecule has 0 rings (SSSR count). The van der Waals surface area contributed by atoms with E-state index in [-0.39, 0.29) is 0 Å². The van der Waals surface area contributed by atoms with Crippen LogP contribution in [-0.2, 0) is 0 Å². The SMILES string of the molecule is C=CCC(CCl)C[N+](C)(C)C. The fourth-order valence-electron chi connectivity index (χ4n) is 1.20. The van der Waals surface area contributed by atoms with Crippen LogP contribution in [0.1, 0.15) is 6.42 Å². The number of nitrogens with zero attached hydrogens (tertiary/aromatic N) is 1. The molecule has 0 aliphatic carbocycles. The lowest BCUT2D eigenvalue weighted by atomic mass is 10.1. The molecular weight excluding hydrogens is 158 g/mol. The van der Waals surface area contributed by atoms with Crippen molar-refractivity contribution in [2.75, 3.05) is 33.6 Å². The van der Waals surface area contributed by atoms with Gasteiger partial charge in [-0.1, -0.05) is 6.08 Å². The van der Waals surface area contributed by atoms with Gasteiger partial charge in [-0.15, -0.1) is 18.2 Å². The van der Waals surface area contributed by atoms with Crippen molar-refractivity contribution in [3.05, 3.63) is 12.7 Å². The van der Waals surface area contributed by atoms with Crippen molar-refractivity contribution in [3.63, 3.8) is 0 Å². The topological polar surface area (TPSA) is 0 Å². The Bertz CT molecular complexity index is 115. The number of alkyl halides is 1. The summed E-state index contributed by atoms with van der Waals surface area (Å²) in [6, 6.07) is 0. The van der Waals surface area contributed by atoms with Crippen molar-refractivity contribution in [1.82, 2.24) is 0 Å². The molecular formula is C9H19ClN+. The van der Waals surface area contributed by atoms with Gasteiger partial charge >= 0.3 is 0 Å². The third-order valence-corrected chi connectivity index (χ3v) is 1.96. The standard InChI is InChI=1S/C9H19ClN/c1-5-6-9(7-10)8-11(2,3)4/h5,9H,1,6-8H2,2-4H3/q+1. The first-order valence-corrected chi connectivity index (χ1v) is 4.50. The van der Waals surface area contributed by atoms with E-state index in [1.165, 1.54) is 0 Å². The Morgan fingerprint density at radius 1 is 1.45 bits per heavy atom. The van der Waals surface area contributed by atoms with E-state index in [1.807, 2.05) is 6.08 Å². The fraction of sp³-hybridized carbons (Fsp3) is 0.778. The first-order chi connectivity index (χ1) is 4.99. The molecule has 1 nitrogen and oxygen atoms in total. The summed E-state index contributed by atoms with van der Waals surface area (Å²) in [6.45, 7) is 4.83. The van der Waals surface area contributed by atoms with Gasteiger partial charge in [0.05, 0.1) is 27.7 Å². The number of hydrogen-bond acceptors (Lipinski definition) is 0. The van der Waals surface area contributed by atoms with Crippen molar-refractivity contribution >= 4 is 11.6 Å². The van der Waals surface area contributed by atoms with Gasteiger partial charge in [-0.3, -0.25) is 0 Å². The quantitative estimate of drug-likeness (QED) is 0.342. The molecule has 1 unspecified atom stereocenters. The molecule has 0 aromatic heterocycles. The first kappa shape index (κ1) is 11.0. The highest BCUT2D eigenvalue weighted by Gasteiger charge is 2.15. The third kappa shape index (κ3) is 6.39. The second-order valence-corrected chi connectivity index (χ2v) is 4.33. The predicted molar refractivity (Wildman–Crippen MR) is 51.9 cm³/mol. The molecule has 0 radical (unpaired) electrons. The van der Waals surface area contributed by atoms with E-state index in [1.54, 1.807) is 0 Å². The minimum Gasteiger partial charge on any atom is -0.331 e. The van der Waals surface area contributed by atoms with Crippen LogP contribution in [-0.4, -0.2) is 38.1 Å². The monoisotopic (exact) mass is 176 g/mol. The molecule has 0 saturated heterocycles. The van der Waals surface area contributed by atoms with Crippen molar-refractivity contribution in [1.29, 1.82) is 0 Å². The summed E-state index contributed by atoms with van der Waals surface area (Å²) in [7, 11) is 6.55. The maximum atomic E-state index is 5.79. The Balaban J connectivity index is 3.77. The Hall–Kier alpha value is -0.0100. The largest absolute Gasteiger partial charge is 0.331 e. The molecule has 0 amide bonds. The van der Waals surface area contributed by atoms with Crippen LogP contribution in [0.25, 0.3) is 0 Å². The molecule has 0 aromatic carbocycles. The van der Waals surface area contributed by atoms with Crippen molar-refractivity contribution in [2.45, 2.75) is 6.42 Å². The summed E-state index contributed by atoms with van der Waals surface area (Å²) in [5.74, 6) is 1.32. The minimum absolute atomic E-state index is 0.578. The van der Waals surface area contributed by atoms with Gasteiger partial charge in [0.2, 0.25) is 0 Å². The Morgan fingerprint density at radius 2 is 2.00 bits per heavy atom. The van der Waals surface area contributed by atoms with E-state index in [9.17, 15) is 0 Å². The fourth-order valence-corrected chi connectivity index (χ4v) is 1.42. The van der Waals surface area contributed by atoms with Crippen LogP contribution < -0.4 is 0 Å². The zero-order valence-electron chi connectivity index (χ0n) is 7.81. The van der Waals surface area contributed by atoms with Gasteiger partial charge in [-0.05, 0) is 6.42 Å². The van der Waals surface area contributed by atoms with Gasteiger partial charge in [-0.2, -0.15) is 0 Å². The number of halogens is 1. The lowest BCUT2D eigenvalue weighted by Crippen LogP contribution is -2.39. The van der Waals surface area contributed by atoms with Crippen LogP contribution in [0.2, 0.25) is 0 Å². The molecule has 0 aromatic rings. The maximum absolute atomic E-state index is 5.79. The number of quaternary nitrogens is 1. The zero-order valence-corrected chi connectivity index (χ0v) is 8.56. The summed E-state index contributed by atoms with van der Waals surface area (Å²) in [5.41, 5.74) is 0. The molecule has 0 bridgehead atoms. The molecule has 0 N–H and O–H groups in total. The highest BCUT2D eigenvalue weighted by Crippen LogP contribution is 2.10. The zero-order chi connectivity index (χ0) is 8.91. The third-order valence-electron chi connectivity index (χ3n) is 1.52. The summed E-state index contributed by atoms with van der Waals surface area (Å²) < 4.78 is 0.977. The summed E-state index contributed by atoms with van der Waals surface area (Å²) in [4.78, 5) is 0. The Labute approximate surface area is 75.2 Å². The lowest BCUT2D eigenvalue weighted by Gasteiger charge is -2.27. The van der Waals surface area contributed by atoms with E-state index in [4.69, 9.17) is 11.6 Å². The van der Waals surface area contributed by atoms with E-state index in [0.717, 1.165) is 23.3 Å². The van der Waals surface area contributed by atoms with E-state index in [0.29, 0.717) is 5.92 Å². The normalized spacial score (nSPS) is 14.5. The second-order valence-electron chi connectivity index (χ2n) is 4.02. The smallest absolute Gasteiger partial charge is 0.0823 e. The van der Waals surface area contributed by atoms with Gasteiger partial charge in [0.15, 0.2) is 0 Å². The van der Waals surface area contributed by atoms with Crippen LogP contribution in [0.15, 0.2) is 12.7 Å². The highest BCUT2D eigenvalue weighted by atomic mass is 35.5. The van der Waals surface area contributed by atoms with Gasteiger partial charge in [0.25, 0.3) is 0 Å². The van der Waals surface area contributed by atoms with Crippen LogP contribution in [0.3, 0.4) is 0 Å². The molecule has 0 saturated carbocycles. The van der Waals surface area contributed by atoms with Crippen LogP contribution in [0.5, 0.6) is 0 Å². The Kier molecular flexibility index (Phi) is 4.78. The first-order valence-electron chi connectivity index (χ1n) is 3.97. The van der Waals surface area contributed by atoms with Gasteiger partial charge in [0, 0.05) is 11.8 Å². The number of hydrogen-bond donors (Lipinski definition) is 0. The maximum Gasteiger partial charge on any atom is 0.0823 e. The molecule has 0 spiro atoms. The highest BCUT2D eigenvalue weighted by molar-refractivity contribution is 6.18. The Morgan fingerprint density at radius 3 is 2.27 bits per heavy atom. The van der Waals surface area contributed by atoms with Crippen LogP contribution in [0, 0.1) is 5.92 Å². The average Bonchev–Trinajstić information content (AvgIpc) is 1.84. The van der Waals surface area contributed by atoms with Gasteiger partial charge in [-0.25, -0.2) is 0 Å². The van der Waals surface area contributed by atoms with E-state index >= 15 is 0 Å². The van der Waals surface area contributed by atoms with Gasteiger partial charge < -0.3 is 4.48 Å². The van der Waals surface area contributed by atoms with Crippen molar-refractivity contribution in [2.24, 2.45) is 5.92 Å². The minimum atomic E-state index is 0.578. The number of rotatable bonds is 5. The summed E-state index contributed by atoms with van der Waals surface area (Å²) in [6.07, 6.45) is 2.97. The van der Waals surface area contributed by atoms with Crippen molar-refractivity contribution < 1.29 is 4.48 Å².